The zero-order valence-corrected chi connectivity index (χ0v) is 10.4. The second-order valence-corrected chi connectivity index (χ2v) is 5.16. The van der Waals surface area contributed by atoms with Gasteiger partial charge < -0.3 is 4.90 Å². The molecule has 1 saturated carbocycles. The topological polar surface area (TPSA) is 37.4 Å². The van der Waals surface area contributed by atoms with Crippen LogP contribution in [0, 0.1) is 11.8 Å². The van der Waals surface area contributed by atoms with Gasteiger partial charge in [-0.25, -0.2) is 0 Å². The van der Waals surface area contributed by atoms with E-state index in [1.165, 1.54) is 0 Å². The van der Waals surface area contributed by atoms with Gasteiger partial charge in [0.15, 0.2) is 11.6 Å². The van der Waals surface area contributed by atoms with Crippen molar-refractivity contribution in [3.8, 4) is 0 Å². The van der Waals surface area contributed by atoms with E-state index in [0.717, 1.165) is 25.7 Å². The summed E-state index contributed by atoms with van der Waals surface area (Å²) < 4.78 is 0. The Morgan fingerprint density at radius 2 is 1.56 bits per heavy atom. The van der Waals surface area contributed by atoms with Crippen molar-refractivity contribution in [2.45, 2.75) is 25.7 Å². The van der Waals surface area contributed by atoms with Gasteiger partial charge in [-0.15, -0.1) is 0 Å². The number of carbonyl (C=O) groups is 2. The molecule has 2 aliphatic carbocycles. The van der Waals surface area contributed by atoms with Gasteiger partial charge in [-0.05, 0) is 12.8 Å². The molecular formula is C12H16ClNO2. The number of nitrogens with zero attached hydrogens (tertiary/aromatic N) is 1. The first-order chi connectivity index (χ1) is 7.54. The van der Waals surface area contributed by atoms with Crippen LogP contribution in [0.3, 0.4) is 0 Å². The smallest absolute Gasteiger partial charge is 0.184 e. The molecule has 88 valence electrons. The number of halogens is 1. The van der Waals surface area contributed by atoms with Crippen molar-refractivity contribution in [2.75, 3.05) is 14.1 Å². The highest BCUT2D eigenvalue weighted by Crippen LogP contribution is 2.40. The summed E-state index contributed by atoms with van der Waals surface area (Å²) in [6, 6.07) is 0. The van der Waals surface area contributed by atoms with Crippen molar-refractivity contribution in [1.82, 2.24) is 4.90 Å². The Hall–Kier alpha value is -0.830. The minimum atomic E-state index is -0.155. The first kappa shape index (κ1) is 11.6. The van der Waals surface area contributed by atoms with E-state index >= 15 is 0 Å². The Morgan fingerprint density at radius 3 is 2.06 bits per heavy atom. The predicted octanol–water partition coefficient (Wildman–Crippen LogP) is 1.96. The minimum Gasteiger partial charge on any atom is -0.373 e. The Labute approximate surface area is 100 Å². The van der Waals surface area contributed by atoms with Gasteiger partial charge in [0.25, 0.3) is 0 Å². The summed E-state index contributed by atoms with van der Waals surface area (Å²) in [4.78, 5) is 25.9. The van der Waals surface area contributed by atoms with Gasteiger partial charge in [0.2, 0.25) is 0 Å². The molecule has 0 aromatic rings. The largest absolute Gasteiger partial charge is 0.373 e. The van der Waals surface area contributed by atoms with Gasteiger partial charge in [-0.2, -0.15) is 0 Å². The fourth-order valence-electron chi connectivity index (χ4n) is 2.74. The van der Waals surface area contributed by atoms with E-state index in [-0.39, 0.29) is 28.4 Å². The second-order valence-electron chi connectivity index (χ2n) is 4.78. The maximum atomic E-state index is 12.2. The summed E-state index contributed by atoms with van der Waals surface area (Å²) in [5.41, 5.74) is 0.398. The van der Waals surface area contributed by atoms with E-state index in [9.17, 15) is 9.59 Å². The monoisotopic (exact) mass is 241 g/mol. The van der Waals surface area contributed by atoms with Crippen molar-refractivity contribution in [3.05, 3.63) is 10.7 Å². The number of fused-ring (bicyclic) bond motifs is 1. The van der Waals surface area contributed by atoms with Crippen LogP contribution in [0.4, 0.5) is 0 Å². The van der Waals surface area contributed by atoms with Crippen molar-refractivity contribution >= 4 is 23.2 Å². The molecule has 0 N–H and O–H groups in total. The summed E-state index contributed by atoms with van der Waals surface area (Å²) in [5, 5.41) is 0.137. The average Bonchev–Trinajstić information content (AvgIpc) is 2.26. The van der Waals surface area contributed by atoms with E-state index in [1.807, 2.05) is 0 Å². The molecule has 0 amide bonds. The number of hydrogen-bond acceptors (Lipinski definition) is 3. The molecule has 0 bridgehead atoms. The summed E-state index contributed by atoms with van der Waals surface area (Å²) in [6.45, 7) is 0. The Bertz CT molecular complexity index is 373. The van der Waals surface area contributed by atoms with Crippen LogP contribution in [0.2, 0.25) is 0 Å². The summed E-state index contributed by atoms with van der Waals surface area (Å²) in [6.07, 6.45) is 3.71. The number of carbonyl (C=O) groups excluding carboxylic acids is 2. The van der Waals surface area contributed by atoms with Crippen LogP contribution in [0.1, 0.15) is 25.7 Å². The second kappa shape index (κ2) is 4.21. The van der Waals surface area contributed by atoms with Gasteiger partial charge in [0.1, 0.15) is 10.7 Å². The van der Waals surface area contributed by atoms with Crippen LogP contribution in [0.25, 0.3) is 0 Å². The van der Waals surface area contributed by atoms with Crippen LogP contribution >= 0.6 is 11.6 Å². The standard InChI is InChI=1S/C12H16ClNO2/c1-14(2)10-9(13)11(15)7-5-3-4-6-8(7)12(10)16/h7-8H,3-6H2,1-2H3. The first-order valence-electron chi connectivity index (χ1n) is 5.69. The molecule has 0 heterocycles. The first-order valence-corrected chi connectivity index (χ1v) is 6.07. The average molecular weight is 242 g/mol. The van der Waals surface area contributed by atoms with Gasteiger partial charge in [0.05, 0.1) is 0 Å². The highest BCUT2D eigenvalue weighted by molar-refractivity contribution is 6.46. The van der Waals surface area contributed by atoms with Crippen LogP contribution in [-0.4, -0.2) is 30.6 Å². The zero-order valence-electron chi connectivity index (χ0n) is 9.62. The van der Waals surface area contributed by atoms with E-state index in [2.05, 4.69) is 0 Å². The number of hydrogen-bond donors (Lipinski definition) is 0. The molecule has 0 saturated heterocycles. The third-order valence-corrected chi connectivity index (χ3v) is 3.91. The van der Waals surface area contributed by atoms with Crippen LogP contribution in [0.5, 0.6) is 0 Å². The summed E-state index contributed by atoms with van der Waals surface area (Å²) >= 11 is 6.01. The number of rotatable bonds is 1. The third kappa shape index (κ3) is 1.67. The molecule has 1 fully saturated rings. The molecule has 0 spiro atoms. The third-order valence-electron chi connectivity index (χ3n) is 3.54. The fraction of sp³-hybridized carbons (Fsp3) is 0.667. The van der Waals surface area contributed by atoms with Crippen molar-refractivity contribution in [3.63, 3.8) is 0 Å². The highest BCUT2D eigenvalue weighted by atomic mass is 35.5. The SMILES string of the molecule is CN(C)C1=C(Cl)C(=O)C2CCCCC2C1=O. The van der Waals surface area contributed by atoms with Crippen molar-refractivity contribution in [1.29, 1.82) is 0 Å². The van der Waals surface area contributed by atoms with E-state index in [1.54, 1.807) is 19.0 Å². The van der Waals surface area contributed by atoms with Gasteiger partial charge in [-0.3, -0.25) is 9.59 Å². The molecule has 0 aliphatic heterocycles. The normalized spacial score (nSPS) is 30.4. The lowest BCUT2D eigenvalue weighted by Crippen LogP contribution is -2.41. The highest BCUT2D eigenvalue weighted by Gasteiger charge is 2.44. The summed E-state index contributed by atoms with van der Waals surface area (Å²) in [7, 11) is 3.51. The molecule has 2 atom stereocenters. The van der Waals surface area contributed by atoms with Crippen molar-refractivity contribution in [2.24, 2.45) is 11.8 Å². The maximum Gasteiger partial charge on any atom is 0.184 e. The van der Waals surface area contributed by atoms with Crippen LogP contribution in [0.15, 0.2) is 10.7 Å². The van der Waals surface area contributed by atoms with E-state index in [0.29, 0.717) is 5.70 Å². The molecule has 2 aliphatic rings. The fourth-order valence-corrected chi connectivity index (χ4v) is 3.14. The number of allylic oxidation sites excluding steroid dienone is 2. The molecule has 0 radical (unpaired) electrons. The van der Waals surface area contributed by atoms with E-state index < -0.39 is 0 Å². The Balaban J connectivity index is 2.43. The molecule has 3 nitrogen and oxygen atoms in total. The lowest BCUT2D eigenvalue weighted by Gasteiger charge is -2.35. The predicted molar refractivity (Wildman–Crippen MR) is 62.0 cm³/mol. The van der Waals surface area contributed by atoms with Crippen LogP contribution < -0.4 is 0 Å². The lowest BCUT2D eigenvalue weighted by atomic mass is 9.71. The van der Waals surface area contributed by atoms with Crippen LogP contribution in [-0.2, 0) is 9.59 Å². The van der Waals surface area contributed by atoms with Gasteiger partial charge in [0, 0.05) is 25.9 Å². The summed E-state index contributed by atoms with van der Waals surface area (Å²) in [5.74, 6) is -0.257. The Kier molecular flexibility index (Phi) is 3.06. The van der Waals surface area contributed by atoms with Gasteiger partial charge >= 0.3 is 0 Å². The minimum absolute atomic E-state index is 0.0327. The zero-order chi connectivity index (χ0) is 11.9. The maximum absolute atomic E-state index is 12.2. The number of likely N-dealkylation sites (N-methyl/N-ethyl adjacent to an activating group) is 1. The molecule has 4 heteroatoms. The quantitative estimate of drug-likeness (QED) is 0.704. The van der Waals surface area contributed by atoms with Crippen molar-refractivity contribution < 1.29 is 9.59 Å². The Morgan fingerprint density at radius 1 is 1.06 bits per heavy atom. The lowest BCUT2D eigenvalue weighted by molar-refractivity contribution is -0.132. The van der Waals surface area contributed by atoms with Gasteiger partial charge in [-0.1, -0.05) is 24.4 Å². The number of Topliss-reactive ketones (excluding diaryl/α,β-unsaturated/α-hetero) is 2. The molecule has 0 aromatic carbocycles. The molecule has 2 rings (SSSR count). The molecule has 16 heavy (non-hydrogen) atoms. The molecule has 2 unspecified atom stereocenters. The number of ketones is 2. The van der Waals surface area contributed by atoms with E-state index in [4.69, 9.17) is 11.6 Å². The molecule has 0 aromatic heterocycles. The molecular weight excluding hydrogens is 226 g/mol.